The maximum atomic E-state index is 12.1. The van der Waals surface area contributed by atoms with Gasteiger partial charge in [-0.15, -0.1) is 0 Å². The molecule has 122 valence electrons. The van der Waals surface area contributed by atoms with Crippen LogP contribution >= 0.6 is 0 Å². The van der Waals surface area contributed by atoms with Crippen molar-refractivity contribution in [3.05, 3.63) is 66.0 Å². The Morgan fingerprint density at radius 2 is 2.00 bits per heavy atom. The Labute approximate surface area is 139 Å². The molecule has 6 nitrogen and oxygen atoms in total. The van der Waals surface area contributed by atoms with Crippen molar-refractivity contribution in [2.45, 2.75) is 13.0 Å². The van der Waals surface area contributed by atoms with E-state index in [1.54, 1.807) is 7.11 Å². The Balaban J connectivity index is 1.56. The second-order valence-electron chi connectivity index (χ2n) is 5.28. The molecule has 0 radical (unpaired) electrons. The number of aromatic nitrogens is 3. The van der Waals surface area contributed by atoms with Gasteiger partial charge >= 0.3 is 0 Å². The number of aromatic amines is 1. The normalized spacial score (nSPS) is 10.4. The number of hydrogen-bond acceptors (Lipinski definition) is 4. The number of H-pyrrole nitrogens is 1. The quantitative estimate of drug-likeness (QED) is 0.730. The molecule has 0 bridgehead atoms. The number of benzene rings is 2. The highest BCUT2D eigenvalue weighted by molar-refractivity contribution is 5.77. The summed E-state index contributed by atoms with van der Waals surface area (Å²) in [6.45, 7) is 0.440. The van der Waals surface area contributed by atoms with Crippen LogP contribution < -0.4 is 10.1 Å². The fourth-order valence-electron chi connectivity index (χ4n) is 2.29. The molecule has 0 aliphatic carbocycles. The third-order valence-corrected chi connectivity index (χ3v) is 3.52. The summed E-state index contributed by atoms with van der Waals surface area (Å²) >= 11 is 0. The molecule has 1 heterocycles. The van der Waals surface area contributed by atoms with Crippen molar-refractivity contribution in [3.8, 4) is 17.1 Å². The minimum Gasteiger partial charge on any atom is -0.497 e. The molecular weight excluding hydrogens is 304 g/mol. The van der Waals surface area contributed by atoms with Gasteiger partial charge in [0.25, 0.3) is 0 Å². The first-order valence-electron chi connectivity index (χ1n) is 7.61. The van der Waals surface area contributed by atoms with Crippen LogP contribution in [0.5, 0.6) is 5.75 Å². The molecule has 6 heteroatoms. The number of carbonyl (C=O) groups is 1. The largest absolute Gasteiger partial charge is 0.497 e. The van der Waals surface area contributed by atoms with Crippen LogP contribution in [0.2, 0.25) is 0 Å². The Kier molecular flexibility index (Phi) is 4.86. The lowest BCUT2D eigenvalue weighted by molar-refractivity contribution is -0.120. The van der Waals surface area contributed by atoms with E-state index in [0.717, 1.165) is 16.9 Å². The summed E-state index contributed by atoms with van der Waals surface area (Å²) in [5.41, 5.74) is 1.89. The second kappa shape index (κ2) is 7.41. The Morgan fingerprint density at radius 1 is 1.17 bits per heavy atom. The van der Waals surface area contributed by atoms with Crippen molar-refractivity contribution < 1.29 is 9.53 Å². The third kappa shape index (κ3) is 3.98. The van der Waals surface area contributed by atoms with Crippen LogP contribution in [-0.4, -0.2) is 28.2 Å². The van der Waals surface area contributed by atoms with Crippen molar-refractivity contribution in [2.75, 3.05) is 7.11 Å². The lowest BCUT2D eigenvalue weighted by atomic mass is 10.2. The van der Waals surface area contributed by atoms with E-state index < -0.39 is 0 Å². The number of amides is 1. The van der Waals surface area contributed by atoms with Gasteiger partial charge in [0.05, 0.1) is 13.5 Å². The van der Waals surface area contributed by atoms with Gasteiger partial charge in [0.2, 0.25) is 5.91 Å². The van der Waals surface area contributed by atoms with Crippen LogP contribution in [0.15, 0.2) is 54.6 Å². The van der Waals surface area contributed by atoms with Gasteiger partial charge < -0.3 is 10.1 Å². The summed E-state index contributed by atoms with van der Waals surface area (Å²) in [6, 6.07) is 17.2. The van der Waals surface area contributed by atoms with Gasteiger partial charge in [0.1, 0.15) is 11.6 Å². The van der Waals surface area contributed by atoms with E-state index in [1.807, 2.05) is 54.6 Å². The van der Waals surface area contributed by atoms with Crippen LogP contribution in [0.25, 0.3) is 11.4 Å². The molecule has 0 aliphatic heterocycles. The van der Waals surface area contributed by atoms with Crippen LogP contribution in [0.4, 0.5) is 0 Å². The van der Waals surface area contributed by atoms with Crippen molar-refractivity contribution in [1.29, 1.82) is 0 Å². The Morgan fingerprint density at radius 3 is 2.79 bits per heavy atom. The van der Waals surface area contributed by atoms with Crippen LogP contribution in [0.1, 0.15) is 11.4 Å². The first kappa shape index (κ1) is 15.7. The van der Waals surface area contributed by atoms with Crippen LogP contribution in [0.3, 0.4) is 0 Å². The molecule has 2 aromatic carbocycles. The molecule has 3 rings (SSSR count). The van der Waals surface area contributed by atoms with Gasteiger partial charge in [-0.25, -0.2) is 4.98 Å². The van der Waals surface area contributed by atoms with Gasteiger partial charge in [-0.3, -0.25) is 9.89 Å². The van der Waals surface area contributed by atoms with Crippen molar-refractivity contribution in [1.82, 2.24) is 20.5 Å². The summed E-state index contributed by atoms with van der Waals surface area (Å²) in [6.07, 6.45) is 0.157. The average Bonchev–Trinajstić information content (AvgIpc) is 3.09. The number of carbonyl (C=O) groups excluding carboxylic acids is 1. The van der Waals surface area contributed by atoms with E-state index in [2.05, 4.69) is 20.5 Å². The van der Waals surface area contributed by atoms with Gasteiger partial charge in [-0.1, -0.05) is 42.5 Å². The smallest absolute Gasteiger partial charge is 0.227 e. The van der Waals surface area contributed by atoms with Gasteiger partial charge in [0.15, 0.2) is 5.82 Å². The molecule has 0 fully saturated rings. The van der Waals surface area contributed by atoms with Crippen molar-refractivity contribution in [3.63, 3.8) is 0 Å². The predicted octanol–water partition coefficient (Wildman–Crippen LogP) is 2.34. The standard InChI is InChI=1S/C18H18N4O2/c1-24-15-9-5-6-13(10-15)12-19-17(23)11-16-20-18(22-21-16)14-7-3-2-4-8-14/h2-10H,11-12H2,1H3,(H,19,23)(H,20,21,22). The number of ether oxygens (including phenoxy) is 1. The predicted molar refractivity (Wildman–Crippen MR) is 90.4 cm³/mol. The maximum Gasteiger partial charge on any atom is 0.227 e. The van der Waals surface area contributed by atoms with Gasteiger partial charge in [-0.05, 0) is 17.7 Å². The number of rotatable bonds is 6. The zero-order chi connectivity index (χ0) is 16.8. The highest BCUT2D eigenvalue weighted by Crippen LogP contribution is 2.14. The molecule has 0 saturated carbocycles. The second-order valence-corrected chi connectivity index (χ2v) is 5.28. The van der Waals surface area contributed by atoms with Crippen LogP contribution in [-0.2, 0) is 17.8 Å². The van der Waals surface area contributed by atoms with E-state index in [1.165, 1.54) is 0 Å². The Bertz CT molecular complexity index is 815. The van der Waals surface area contributed by atoms with Crippen molar-refractivity contribution in [2.24, 2.45) is 0 Å². The lowest BCUT2D eigenvalue weighted by Crippen LogP contribution is -2.25. The fraction of sp³-hybridized carbons (Fsp3) is 0.167. The van der Waals surface area contributed by atoms with Gasteiger partial charge in [0, 0.05) is 12.1 Å². The minimum atomic E-state index is -0.117. The first-order chi connectivity index (χ1) is 11.7. The Hall–Kier alpha value is -3.15. The molecule has 2 N–H and O–H groups in total. The SMILES string of the molecule is COc1cccc(CNC(=O)Cc2nc(-c3ccccc3)n[nH]2)c1. The minimum absolute atomic E-state index is 0.117. The molecule has 0 aliphatic rings. The van der Waals surface area contributed by atoms with E-state index in [0.29, 0.717) is 18.2 Å². The fourth-order valence-corrected chi connectivity index (χ4v) is 2.29. The van der Waals surface area contributed by atoms with E-state index in [9.17, 15) is 4.79 Å². The summed E-state index contributed by atoms with van der Waals surface area (Å²) in [5, 5.41) is 9.82. The van der Waals surface area contributed by atoms with E-state index >= 15 is 0 Å². The first-order valence-corrected chi connectivity index (χ1v) is 7.61. The molecule has 0 spiro atoms. The maximum absolute atomic E-state index is 12.1. The van der Waals surface area contributed by atoms with Crippen LogP contribution in [0, 0.1) is 0 Å². The number of hydrogen-bond donors (Lipinski definition) is 2. The summed E-state index contributed by atoms with van der Waals surface area (Å²) < 4.78 is 5.17. The molecule has 0 atom stereocenters. The summed E-state index contributed by atoms with van der Waals surface area (Å²) in [5.74, 6) is 1.78. The van der Waals surface area contributed by atoms with Gasteiger partial charge in [-0.2, -0.15) is 5.10 Å². The average molecular weight is 322 g/mol. The van der Waals surface area contributed by atoms with Crippen molar-refractivity contribution >= 4 is 5.91 Å². The molecule has 0 saturated heterocycles. The van der Waals surface area contributed by atoms with E-state index in [4.69, 9.17) is 4.74 Å². The molecule has 1 amide bonds. The van der Waals surface area contributed by atoms with E-state index in [-0.39, 0.29) is 12.3 Å². The highest BCUT2D eigenvalue weighted by Gasteiger charge is 2.09. The molecule has 1 aromatic heterocycles. The number of nitrogens with zero attached hydrogens (tertiary/aromatic N) is 2. The molecular formula is C18H18N4O2. The molecule has 0 unspecified atom stereocenters. The third-order valence-electron chi connectivity index (χ3n) is 3.52. The topological polar surface area (TPSA) is 79.9 Å². The summed E-state index contributed by atoms with van der Waals surface area (Å²) in [7, 11) is 1.62. The number of nitrogens with one attached hydrogen (secondary N) is 2. The monoisotopic (exact) mass is 322 g/mol. The highest BCUT2D eigenvalue weighted by atomic mass is 16.5. The number of methoxy groups -OCH3 is 1. The molecule has 3 aromatic rings. The summed E-state index contributed by atoms with van der Waals surface area (Å²) in [4.78, 5) is 16.4. The lowest BCUT2D eigenvalue weighted by Gasteiger charge is -2.06. The zero-order valence-electron chi connectivity index (χ0n) is 13.3. The zero-order valence-corrected chi connectivity index (χ0v) is 13.3. The molecule has 24 heavy (non-hydrogen) atoms.